The Hall–Kier alpha value is 0.514. The minimum Gasteiger partial charge on any atom is -0.854 e. The van der Waals surface area contributed by atoms with Gasteiger partial charge in [0.1, 0.15) is 0 Å². The maximum atomic E-state index is 9.53. The van der Waals surface area contributed by atoms with E-state index < -0.39 is 0 Å². The summed E-state index contributed by atoms with van der Waals surface area (Å²) in [5.41, 5.74) is 0. The normalized spacial score (nSPS) is 8.08. The molecule has 0 rings (SSSR count). The van der Waals surface area contributed by atoms with Crippen molar-refractivity contribution in [2.24, 2.45) is 0 Å². The van der Waals surface area contributed by atoms with Gasteiger partial charge >= 0.3 is 21.7 Å². The summed E-state index contributed by atoms with van der Waals surface area (Å²) in [5, 5.41) is 47.6. The molecule has 0 aromatic carbocycles. The molecule has 0 spiro atoms. The zero-order valence-electron chi connectivity index (χ0n) is 18.1. The van der Waals surface area contributed by atoms with Crippen LogP contribution in [0.1, 0.15) is 98.8 Å². The summed E-state index contributed by atoms with van der Waals surface area (Å²) < 4.78 is 0. The predicted octanol–water partition coefficient (Wildman–Crippen LogP) is 0.732. The maximum Gasteiger partial charge on any atom is 5.00 e. The van der Waals surface area contributed by atoms with Crippen molar-refractivity contribution < 1.29 is 47.3 Å². The quantitative estimate of drug-likeness (QED) is 0.490. The van der Waals surface area contributed by atoms with Crippen LogP contribution in [-0.2, 0) is 21.7 Å². The number of unbranched alkanes of at least 4 members (excludes halogenated alkanes) is 5. The molecule has 0 aliphatic rings. The van der Waals surface area contributed by atoms with Crippen molar-refractivity contribution in [3.05, 3.63) is 0 Å². The molecule has 6 heteroatoms. The van der Waals surface area contributed by atoms with E-state index >= 15 is 0 Å². The minimum atomic E-state index is 0. The molecule has 159 valence electrons. The molecule has 0 amide bonds. The molecule has 0 aromatic rings. The summed E-state index contributed by atoms with van der Waals surface area (Å²) in [6.45, 7) is 10.5. The van der Waals surface area contributed by atoms with Crippen molar-refractivity contribution in [2.75, 3.05) is 33.0 Å². The Kier molecular flexibility index (Phi) is 100. The van der Waals surface area contributed by atoms with Gasteiger partial charge in [-0.25, -0.2) is 0 Å². The van der Waals surface area contributed by atoms with Crippen molar-refractivity contribution in [1.82, 2.24) is 0 Å². The fraction of sp³-hybridized carbons (Fsp3) is 1.00. The second kappa shape index (κ2) is 63.7. The van der Waals surface area contributed by atoms with E-state index in [2.05, 4.69) is 0 Å². The van der Waals surface area contributed by atoms with Crippen LogP contribution >= 0.6 is 0 Å². The van der Waals surface area contributed by atoms with Crippen LogP contribution in [0.25, 0.3) is 0 Å². The zero-order valence-corrected chi connectivity index (χ0v) is 19.7. The fourth-order valence-electron chi connectivity index (χ4n) is 0.722. The van der Waals surface area contributed by atoms with Crippen molar-refractivity contribution in [3.8, 4) is 0 Å². The summed E-state index contributed by atoms with van der Waals surface area (Å²) in [6, 6.07) is 0. The topological polar surface area (TPSA) is 115 Å². The van der Waals surface area contributed by atoms with E-state index in [-0.39, 0.29) is 54.8 Å². The molecule has 26 heavy (non-hydrogen) atoms. The Labute approximate surface area is 179 Å². The van der Waals surface area contributed by atoms with E-state index in [0.717, 1.165) is 64.2 Å². The van der Waals surface area contributed by atoms with Gasteiger partial charge in [0.2, 0.25) is 0 Å². The summed E-state index contributed by atoms with van der Waals surface area (Å²) in [4.78, 5) is 0. The second-order valence-electron chi connectivity index (χ2n) is 5.29. The molecule has 0 N–H and O–H groups in total. The molecule has 0 atom stereocenters. The molecular formula is C20H45O5Ti. The van der Waals surface area contributed by atoms with Gasteiger partial charge in [0.05, 0.1) is 0 Å². The number of hydrogen-bond donors (Lipinski definition) is 0. The molecule has 0 heterocycles. The molecule has 5 nitrogen and oxygen atoms in total. The van der Waals surface area contributed by atoms with E-state index in [1.807, 2.05) is 34.6 Å². The molecule has 0 saturated carbocycles. The summed E-state index contributed by atoms with van der Waals surface area (Å²) in [5.74, 6) is 0. The second-order valence-corrected chi connectivity index (χ2v) is 5.29. The van der Waals surface area contributed by atoms with Gasteiger partial charge in [-0.1, -0.05) is 98.8 Å². The Morgan fingerprint density at radius 1 is 0.346 bits per heavy atom. The smallest absolute Gasteiger partial charge is 0.854 e. The average molecular weight is 413 g/mol. The molecular weight excluding hydrogens is 368 g/mol. The summed E-state index contributed by atoms with van der Waals surface area (Å²) >= 11 is 0. The van der Waals surface area contributed by atoms with E-state index in [0.29, 0.717) is 0 Å². The Bertz CT molecular complexity index is 96.5. The summed E-state index contributed by atoms with van der Waals surface area (Å²) in [7, 11) is 0. The first-order valence-corrected chi connectivity index (χ1v) is 9.98. The van der Waals surface area contributed by atoms with Gasteiger partial charge in [-0.3, -0.25) is 0 Å². The minimum absolute atomic E-state index is 0. The van der Waals surface area contributed by atoms with E-state index in [4.69, 9.17) is 0 Å². The summed E-state index contributed by atoms with van der Waals surface area (Å²) in [6.07, 6.45) is 9.32. The third kappa shape index (κ3) is 123. The largest absolute Gasteiger partial charge is 5.00 e. The van der Waals surface area contributed by atoms with Crippen molar-refractivity contribution in [2.45, 2.75) is 98.8 Å². The van der Waals surface area contributed by atoms with Gasteiger partial charge in [0.25, 0.3) is 0 Å². The van der Waals surface area contributed by atoms with Crippen molar-refractivity contribution in [3.63, 3.8) is 0 Å². The molecule has 0 aliphatic heterocycles. The van der Waals surface area contributed by atoms with Crippen LogP contribution < -0.4 is 25.5 Å². The Morgan fingerprint density at radius 2 is 0.462 bits per heavy atom. The Balaban J connectivity index is -0.0000000476. The van der Waals surface area contributed by atoms with Gasteiger partial charge in [-0.15, -0.1) is 33.0 Å². The molecule has 0 aromatic heterocycles. The van der Waals surface area contributed by atoms with Crippen LogP contribution in [0.5, 0.6) is 0 Å². The van der Waals surface area contributed by atoms with E-state index in [1.165, 1.54) is 0 Å². The third-order valence-corrected chi connectivity index (χ3v) is 2.49. The first-order chi connectivity index (χ1) is 12.1. The van der Waals surface area contributed by atoms with Gasteiger partial charge in [0.15, 0.2) is 0 Å². The standard InChI is InChI=1S/5C4H9O.Ti/c5*1-2-3-4-5;/h5*2-4H2,1H3;/q5*-1;+5. The molecule has 0 saturated heterocycles. The van der Waals surface area contributed by atoms with Crippen LogP contribution in [0.3, 0.4) is 0 Å². The third-order valence-electron chi connectivity index (χ3n) is 2.49. The zero-order chi connectivity index (χ0) is 20.6. The number of rotatable bonds is 10. The average Bonchev–Trinajstić information content (AvgIpc) is 2.61. The molecule has 0 fully saturated rings. The maximum absolute atomic E-state index is 9.53. The van der Waals surface area contributed by atoms with Crippen molar-refractivity contribution in [1.29, 1.82) is 0 Å². The van der Waals surface area contributed by atoms with Gasteiger partial charge in [0, 0.05) is 0 Å². The van der Waals surface area contributed by atoms with E-state index in [9.17, 15) is 25.5 Å². The number of hydrogen-bond acceptors (Lipinski definition) is 5. The molecule has 0 radical (unpaired) electrons. The predicted molar refractivity (Wildman–Crippen MR) is 98.9 cm³/mol. The SMILES string of the molecule is CCCC[O-].CCCC[O-].CCCC[O-].CCCC[O-].CCCC[O-].[Ti+5]. The molecule has 0 aliphatic carbocycles. The van der Waals surface area contributed by atoms with Crippen LogP contribution in [0.15, 0.2) is 0 Å². The van der Waals surface area contributed by atoms with Crippen LogP contribution in [0.2, 0.25) is 0 Å². The van der Waals surface area contributed by atoms with Crippen LogP contribution in [-0.4, -0.2) is 33.0 Å². The molecule has 0 unspecified atom stereocenters. The van der Waals surface area contributed by atoms with Gasteiger partial charge in [-0.05, 0) is 0 Å². The van der Waals surface area contributed by atoms with Gasteiger partial charge < -0.3 is 25.5 Å². The Morgan fingerprint density at radius 3 is 0.462 bits per heavy atom. The first-order valence-electron chi connectivity index (χ1n) is 9.98. The monoisotopic (exact) mass is 413 g/mol. The van der Waals surface area contributed by atoms with Crippen LogP contribution in [0, 0.1) is 0 Å². The first kappa shape index (κ1) is 41.0. The van der Waals surface area contributed by atoms with E-state index in [1.54, 1.807) is 0 Å². The molecule has 0 bridgehead atoms. The van der Waals surface area contributed by atoms with Gasteiger partial charge in [-0.2, -0.15) is 0 Å². The van der Waals surface area contributed by atoms with Crippen molar-refractivity contribution >= 4 is 0 Å². The van der Waals surface area contributed by atoms with Crippen LogP contribution in [0.4, 0.5) is 0 Å². The fourth-order valence-corrected chi connectivity index (χ4v) is 0.722.